The van der Waals surface area contributed by atoms with Crippen LogP contribution in [0.25, 0.3) is 22.2 Å². The fourth-order valence-electron chi connectivity index (χ4n) is 4.80. The van der Waals surface area contributed by atoms with Crippen molar-refractivity contribution < 1.29 is 13.9 Å². The second kappa shape index (κ2) is 10.4. The summed E-state index contributed by atoms with van der Waals surface area (Å²) >= 11 is 1.55. The SMILES string of the molecule is Cc1ncc(COc2cc(F)cc(Oc3ccc(-c4cn(C[C@@H]5CCCN5)c5ncnc(N)c45)cc3)c2)s1. The lowest BCUT2D eigenvalue weighted by Gasteiger charge is -2.11. The van der Waals surface area contributed by atoms with Crippen LogP contribution < -0.4 is 20.5 Å². The number of ether oxygens (including phenoxy) is 2. The first-order valence-electron chi connectivity index (χ1n) is 12.5. The lowest BCUT2D eigenvalue weighted by molar-refractivity contribution is 0.306. The molecule has 3 N–H and O–H groups in total. The number of rotatable bonds is 8. The van der Waals surface area contributed by atoms with E-state index in [4.69, 9.17) is 15.2 Å². The van der Waals surface area contributed by atoms with Gasteiger partial charge in [0.05, 0.1) is 15.3 Å². The van der Waals surface area contributed by atoms with E-state index in [1.54, 1.807) is 23.6 Å². The fourth-order valence-corrected chi connectivity index (χ4v) is 5.51. The molecule has 0 amide bonds. The second-order valence-electron chi connectivity index (χ2n) is 9.33. The molecule has 1 aliphatic heterocycles. The first kappa shape index (κ1) is 24.3. The molecule has 10 heteroatoms. The van der Waals surface area contributed by atoms with E-state index in [0.717, 1.165) is 51.6 Å². The largest absolute Gasteiger partial charge is 0.488 e. The molecular weight excluding hydrogens is 503 g/mol. The molecule has 0 spiro atoms. The van der Waals surface area contributed by atoms with Gasteiger partial charge in [-0.25, -0.2) is 19.3 Å². The molecule has 0 unspecified atom stereocenters. The quantitative estimate of drug-likeness (QED) is 0.265. The monoisotopic (exact) mass is 530 g/mol. The predicted molar refractivity (Wildman–Crippen MR) is 146 cm³/mol. The number of halogens is 1. The molecule has 0 radical (unpaired) electrons. The molecule has 8 nitrogen and oxygen atoms in total. The average Bonchev–Trinajstić information content (AvgIpc) is 3.65. The Morgan fingerprint density at radius 3 is 2.71 bits per heavy atom. The Labute approximate surface area is 223 Å². The van der Waals surface area contributed by atoms with Gasteiger partial charge in [0, 0.05) is 48.7 Å². The third-order valence-corrected chi connectivity index (χ3v) is 7.44. The van der Waals surface area contributed by atoms with Crippen molar-refractivity contribution in [2.45, 2.75) is 39.0 Å². The smallest absolute Gasteiger partial charge is 0.146 e. The zero-order chi connectivity index (χ0) is 26.1. The average molecular weight is 531 g/mol. The van der Waals surface area contributed by atoms with Crippen molar-refractivity contribution >= 4 is 28.2 Å². The van der Waals surface area contributed by atoms with Crippen LogP contribution in [0.1, 0.15) is 22.7 Å². The number of benzene rings is 2. The summed E-state index contributed by atoms with van der Waals surface area (Å²) in [6.07, 6.45) is 7.68. The number of aromatic nitrogens is 4. The number of fused-ring (bicyclic) bond motifs is 1. The Hall–Kier alpha value is -4.02. The molecule has 1 aliphatic rings. The van der Waals surface area contributed by atoms with Crippen LogP contribution in [0.2, 0.25) is 0 Å². The highest BCUT2D eigenvalue weighted by Crippen LogP contribution is 2.35. The van der Waals surface area contributed by atoms with E-state index in [9.17, 15) is 4.39 Å². The van der Waals surface area contributed by atoms with Gasteiger partial charge in [0.1, 0.15) is 47.5 Å². The van der Waals surface area contributed by atoms with E-state index in [1.807, 2.05) is 31.2 Å². The van der Waals surface area contributed by atoms with Crippen molar-refractivity contribution in [2.24, 2.45) is 0 Å². The Balaban J connectivity index is 1.22. The number of anilines is 1. The summed E-state index contributed by atoms with van der Waals surface area (Å²) in [5, 5.41) is 5.33. The minimum absolute atomic E-state index is 0.320. The molecule has 1 atom stereocenters. The summed E-state index contributed by atoms with van der Waals surface area (Å²) in [5.74, 6) is 1.33. The van der Waals surface area contributed by atoms with Gasteiger partial charge in [-0.1, -0.05) is 12.1 Å². The summed E-state index contributed by atoms with van der Waals surface area (Å²) in [7, 11) is 0. The van der Waals surface area contributed by atoms with Crippen molar-refractivity contribution in [3.8, 4) is 28.4 Å². The van der Waals surface area contributed by atoms with Crippen LogP contribution >= 0.6 is 11.3 Å². The number of thiazole rings is 1. The van der Waals surface area contributed by atoms with Crippen molar-refractivity contribution in [3.63, 3.8) is 0 Å². The fraction of sp³-hybridized carbons (Fsp3) is 0.250. The maximum atomic E-state index is 14.3. The van der Waals surface area contributed by atoms with Gasteiger partial charge in [-0.15, -0.1) is 11.3 Å². The normalized spacial score (nSPS) is 15.3. The molecule has 4 heterocycles. The molecule has 194 valence electrons. The molecule has 3 aromatic heterocycles. The van der Waals surface area contributed by atoms with Gasteiger partial charge in [-0.3, -0.25) is 0 Å². The highest BCUT2D eigenvalue weighted by atomic mass is 32.1. The molecule has 38 heavy (non-hydrogen) atoms. The summed E-state index contributed by atoms with van der Waals surface area (Å²) < 4.78 is 28.2. The van der Waals surface area contributed by atoms with Gasteiger partial charge in [0.15, 0.2) is 0 Å². The van der Waals surface area contributed by atoms with Crippen molar-refractivity contribution in [2.75, 3.05) is 12.3 Å². The van der Waals surface area contributed by atoms with Gasteiger partial charge >= 0.3 is 0 Å². The third kappa shape index (κ3) is 5.18. The van der Waals surface area contributed by atoms with Crippen LogP contribution in [-0.4, -0.2) is 32.1 Å². The van der Waals surface area contributed by atoms with Crippen molar-refractivity contribution in [1.82, 2.24) is 24.8 Å². The van der Waals surface area contributed by atoms with Gasteiger partial charge in [-0.2, -0.15) is 0 Å². The van der Waals surface area contributed by atoms with Crippen molar-refractivity contribution in [1.29, 1.82) is 0 Å². The highest BCUT2D eigenvalue weighted by Gasteiger charge is 2.20. The molecule has 5 aromatic rings. The van der Waals surface area contributed by atoms with E-state index in [0.29, 0.717) is 35.7 Å². The summed E-state index contributed by atoms with van der Waals surface area (Å²) in [6.45, 7) is 4.11. The first-order chi connectivity index (χ1) is 18.5. The summed E-state index contributed by atoms with van der Waals surface area (Å²) in [5.41, 5.74) is 9.03. The Morgan fingerprint density at radius 1 is 1.11 bits per heavy atom. The Kier molecular flexibility index (Phi) is 6.65. The molecule has 0 saturated carbocycles. The van der Waals surface area contributed by atoms with Gasteiger partial charge in [0.25, 0.3) is 0 Å². The Morgan fingerprint density at radius 2 is 1.95 bits per heavy atom. The lowest BCUT2D eigenvalue weighted by atomic mass is 10.1. The molecule has 2 aromatic carbocycles. The number of hydrogen-bond acceptors (Lipinski definition) is 8. The van der Waals surface area contributed by atoms with Crippen LogP contribution in [0.15, 0.2) is 61.2 Å². The zero-order valence-corrected chi connectivity index (χ0v) is 21.7. The third-order valence-electron chi connectivity index (χ3n) is 6.56. The molecule has 1 saturated heterocycles. The maximum Gasteiger partial charge on any atom is 0.146 e. The molecular formula is C28H27FN6O2S. The number of nitrogen functional groups attached to an aromatic ring is 1. The second-order valence-corrected chi connectivity index (χ2v) is 10.6. The molecule has 0 bridgehead atoms. The van der Waals surface area contributed by atoms with Crippen LogP contribution in [0.4, 0.5) is 10.2 Å². The van der Waals surface area contributed by atoms with Gasteiger partial charge in [-0.05, 0) is 44.0 Å². The number of hydrogen-bond donors (Lipinski definition) is 2. The molecule has 1 fully saturated rings. The van der Waals surface area contributed by atoms with E-state index < -0.39 is 5.82 Å². The first-order valence-corrected chi connectivity index (χ1v) is 13.3. The minimum Gasteiger partial charge on any atom is -0.488 e. The van der Waals surface area contributed by atoms with Crippen LogP contribution in [0.3, 0.4) is 0 Å². The minimum atomic E-state index is -0.436. The number of aryl methyl sites for hydroxylation is 1. The van der Waals surface area contributed by atoms with Crippen molar-refractivity contribution in [3.05, 3.63) is 76.9 Å². The van der Waals surface area contributed by atoms with Gasteiger partial charge in [0.2, 0.25) is 0 Å². The lowest BCUT2D eigenvalue weighted by Crippen LogP contribution is -2.26. The number of nitrogens with one attached hydrogen (secondary N) is 1. The van der Waals surface area contributed by atoms with E-state index in [2.05, 4.69) is 31.0 Å². The van der Waals surface area contributed by atoms with Crippen LogP contribution in [-0.2, 0) is 13.2 Å². The summed E-state index contributed by atoms with van der Waals surface area (Å²) in [4.78, 5) is 13.9. The number of nitrogens with two attached hydrogens (primary N) is 1. The van der Waals surface area contributed by atoms with E-state index >= 15 is 0 Å². The number of nitrogens with zero attached hydrogens (tertiary/aromatic N) is 4. The van der Waals surface area contributed by atoms with Crippen LogP contribution in [0, 0.1) is 12.7 Å². The molecule has 0 aliphatic carbocycles. The standard InChI is InChI=1S/C28H27FN6O2S/c1-17-32-12-24(38-17)15-36-22-9-19(29)10-23(11-22)37-21-6-4-18(5-7-21)25-14-35(13-20-3-2-8-31-20)28-26(25)27(30)33-16-34-28/h4-7,9-12,14,16,20,31H,2-3,8,13,15H2,1H3,(H2,30,33,34)/t20-/m0/s1. The summed E-state index contributed by atoms with van der Waals surface area (Å²) in [6, 6.07) is 12.4. The van der Waals surface area contributed by atoms with Crippen LogP contribution in [0.5, 0.6) is 17.2 Å². The van der Waals surface area contributed by atoms with Gasteiger partial charge < -0.3 is 25.1 Å². The van der Waals surface area contributed by atoms with E-state index in [-0.39, 0.29) is 0 Å². The Bertz CT molecular complexity index is 1580. The topological polar surface area (TPSA) is 100 Å². The molecule has 6 rings (SSSR count). The zero-order valence-electron chi connectivity index (χ0n) is 20.9. The highest BCUT2D eigenvalue weighted by molar-refractivity contribution is 7.11. The predicted octanol–water partition coefficient (Wildman–Crippen LogP) is 5.71. The maximum absolute atomic E-state index is 14.3. The van der Waals surface area contributed by atoms with E-state index in [1.165, 1.54) is 24.9 Å².